The molecule has 2 aromatic carbocycles. The number of benzene rings is 2. The summed E-state index contributed by atoms with van der Waals surface area (Å²) >= 11 is 2.92. The van der Waals surface area contributed by atoms with E-state index in [1.54, 1.807) is 16.3 Å². The van der Waals surface area contributed by atoms with Crippen molar-refractivity contribution in [1.29, 1.82) is 0 Å². The molecule has 3 aromatic rings. The average Bonchev–Trinajstić information content (AvgIpc) is 3.06. The zero-order chi connectivity index (χ0) is 20.5. The molecule has 1 aliphatic rings. The third-order valence-electron chi connectivity index (χ3n) is 4.77. The first-order chi connectivity index (χ1) is 13.9. The molecule has 1 atom stereocenters. The van der Waals surface area contributed by atoms with Gasteiger partial charge in [-0.05, 0) is 37.1 Å². The second-order valence-electron chi connectivity index (χ2n) is 7.37. The Hall–Kier alpha value is -2.31. The largest absolute Gasteiger partial charge is 0.293 e. The lowest BCUT2D eigenvalue weighted by molar-refractivity contribution is 0.102. The summed E-state index contributed by atoms with van der Waals surface area (Å²) in [5, 5.41) is 0.918. The number of thioether (sulfide) groups is 2. The van der Waals surface area contributed by atoms with Gasteiger partial charge >= 0.3 is 0 Å². The molecule has 4 rings (SSSR count). The number of carbonyl (C=O) groups is 1. The summed E-state index contributed by atoms with van der Waals surface area (Å²) in [6.07, 6.45) is 0.781. The van der Waals surface area contributed by atoms with Crippen molar-refractivity contribution in [3.05, 3.63) is 81.3 Å². The number of aromatic nitrogens is 2. The molecule has 29 heavy (non-hydrogen) atoms. The van der Waals surface area contributed by atoms with Gasteiger partial charge in [0, 0.05) is 17.2 Å². The van der Waals surface area contributed by atoms with Crippen molar-refractivity contribution < 1.29 is 4.79 Å². The molecule has 4 nitrogen and oxygen atoms in total. The molecule has 1 aromatic heterocycles. The fraction of sp³-hybridized carbons (Fsp3) is 0.261. The Morgan fingerprint density at radius 1 is 1.17 bits per heavy atom. The van der Waals surface area contributed by atoms with Crippen LogP contribution in [0.4, 0.5) is 0 Å². The van der Waals surface area contributed by atoms with E-state index >= 15 is 0 Å². The van der Waals surface area contributed by atoms with Crippen molar-refractivity contribution in [3.63, 3.8) is 0 Å². The average molecular weight is 423 g/mol. The molecule has 0 amide bonds. The van der Waals surface area contributed by atoms with Crippen LogP contribution in [0.5, 0.6) is 0 Å². The minimum Gasteiger partial charge on any atom is -0.293 e. The predicted octanol–water partition coefficient (Wildman–Crippen LogP) is 4.86. The van der Waals surface area contributed by atoms with E-state index in [9.17, 15) is 9.59 Å². The van der Waals surface area contributed by atoms with E-state index in [4.69, 9.17) is 4.98 Å². The summed E-state index contributed by atoms with van der Waals surface area (Å²) in [7, 11) is 0. The Labute approximate surface area is 178 Å². The van der Waals surface area contributed by atoms with Gasteiger partial charge in [-0.2, -0.15) is 0 Å². The molecule has 6 heteroatoms. The van der Waals surface area contributed by atoms with Gasteiger partial charge in [-0.3, -0.25) is 14.2 Å². The molecular formula is C23H22N2O2S2. The zero-order valence-corrected chi connectivity index (χ0v) is 18.3. The highest BCUT2D eigenvalue weighted by atomic mass is 32.2. The van der Waals surface area contributed by atoms with E-state index in [1.807, 2.05) is 56.3 Å². The highest BCUT2D eigenvalue weighted by Crippen LogP contribution is 2.35. The predicted molar refractivity (Wildman–Crippen MR) is 120 cm³/mol. The van der Waals surface area contributed by atoms with Crippen LogP contribution in [0.3, 0.4) is 0 Å². The van der Waals surface area contributed by atoms with Crippen molar-refractivity contribution in [2.24, 2.45) is 0 Å². The molecule has 0 saturated heterocycles. The number of carbonyl (C=O) groups excluding carboxylic acids is 1. The summed E-state index contributed by atoms with van der Waals surface area (Å²) < 4.78 is 1.67. The van der Waals surface area contributed by atoms with Crippen LogP contribution in [0, 0.1) is 13.8 Å². The monoisotopic (exact) mass is 422 g/mol. The fourth-order valence-corrected chi connectivity index (χ4v) is 5.56. The maximum atomic E-state index is 13.4. The van der Waals surface area contributed by atoms with Gasteiger partial charge in [0.2, 0.25) is 0 Å². The Kier molecular flexibility index (Phi) is 5.65. The van der Waals surface area contributed by atoms with Crippen LogP contribution in [0.1, 0.15) is 34.1 Å². The maximum absolute atomic E-state index is 13.4. The van der Waals surface area contributed by atoms with Crippen LogP contribution in [-0.4, -0.2) is 26.3 Å². The number of hydrogen-bond acceptors (Lipinski definition) is 5. The van der Waals surface area contributed by atoms with E-state index in [0.29, 0.717) is 16.0 Å². The third kappa shape index (κ3) is 4.19. The molecule has 0 spiro atoms. The molecular weight excluding hydrogens is 400 g/mol. The summed E-state index contributed by atoms with van der Waals surface area (Å²) in [5.41, 5.74) is 4.46. The van der Waals surface area contributed by atoms with Crippen molar-refractivity contribution in [1.82, 2.24) is 9.55 Å². The molecule has 0 bridgehead atoms. The van der Waals surface area contributed by atoms with Gasteiger partial charge < -0.3 is 0 Å². The highest BCUT2D eigenvalue weighted by Gasteiger charge is 2.27. The second kappa shape index (κ2) is 8.20. The standard InChI is InChI=1S/C23H22N2O2S2/c1-14-9-15(2)11-18(10-14)25-22(27)21-19(12-16(3)29-21)24-23(25)28-13-20(26)17-7-5-4-6-8-17/h4-11,16H,12-13H2,1-3H3. The first-order valence-corrected chi connectivity index (χ1v) is 11.4. The first kappa shape index (κ1) is 20.0. The number of hydrogen-bond donors (Lipinski definition) is 0. The van der Waals surface area contributed by atoms with E-state index in [-0.39, 0.29) is 17.1 Å². The van der Waals surface area contributed by atoms with E-state index in [1.165, 1.54) is 11.8 Å². The van der Waals surface area contributed by atoms with Gasteiger partial charge in [0.1, 0.15) is 0 Å². The van der Waals surface area contributed by atoms with E-state index < -0.39 is 0 Å². The van der Waals surface area contributed by atoms with Crippen molar-refractivity contribution in [2.45, 2.75) is 42.5 Å². The minimum absolute atomic E-state index is 0.0278. The van der Waals surface area contributed by atoms with Crippen LogP contribution in [-0.2, 0) is 6.42 Å². The van der Waals surface area contributed by atoms with Gasteiger partial charge in [-0.15, -0.1) is 11.8 Å². The van der Waals surface area contributed by atoms with Gasteiger partial charge in [0.15, 0.2) is 10.9 Å². The lowest BCUT2D eigenvalue weighted by Crippen LogP contribution is -2.24. The summed E-state index contributed by atoms with van der Waals surface area (Å²) in [4.78, 5) is 31.5. The number of nitrogens with zero attached hydrogens (tertiary/aromatic N) is 2. The maximum Gasteiger partial charge on any atom is 0.272 e. The summed E-state index contributed by atoms with van der Waals surface area (Å²) in [6, 6.07) is 15.3. The minimum atomic E-state index is -0.0380. The lowest BCUT2D eigenvalue weighted by atomic mass is 10.1. The smallest absolute Gasteiger partial charge is 0.272 e. The molecule has 0 aliphatic carbocycles. The van der Waals surface area contributed by atoms with Gasteiger partial charge in [-0.1, -0.05) is 55.1 Å². The van der Waals surface area contributed by atoms with Gasteiger partial charge in [-0.25, -0.2) is 4.98 Å². The van der Waals surface area contributed by atoms with Crippen LogP contribution in [0.15, 0.2) is 63.4 Å². The van der Waals surface area contributed by atoms with Crippen LogP contribution in [0.25, 0.3) is 5.69 Å². The van der Waals surface area contributed by atoms with Crippen LogP contribution >= 0.6 is 23.5 Å². The lowest BCUT2D eigenvalue weighted by Gasteiger charge is -2.15. The van der Waals surface area contributed by atoms with Crippen LogP contribution in [0.2, 0.25) is 0 Å². The molecule has 0 saturated carbocycles. The first-order valence-electron chi connectivity index (χ1n) is 9.54. The molecule has 1 unspecified atom stereocenters. The Morgan fingerprint density at radius 3 is 2.55 bits per heavy atom. The number of fused-ring (bicyclic) bond motifs is 1. The Balaban J connectivity index is 1.76. The second-order valence-corrected chi connectivity index (χ2v) is 9.76. The van der Waals surface area contributed by atoms with Crippen molar-refractivity contribution in [2.75, 3.05) is 5.75 Å². The number of aryl methyl sites for hydroxylation is 2. The molecule has 0 fully saturated rings. The number of Topliss-reactive ketones (excluding diaryl/α,β-unsaturated/α-hetero) is 1. The fourth-order valence-electron chi connectivity index (χ4n) is 3.54. The van der Waals surface area contributed by atoms with E-state index in [2.05, 4.69) is 13.0 Å². The Bertz CT molecular complexity index is 1120. The topological polar surface area (TPSA) is 52.0 Å². The quantitative estimate of drug-likeness (QED) is 0.334. The van der Waals surface area contributed by atoms with Crippen molar-refractivity contribution >= 4 is 29.3 Å². The van der Waals surface area contributed by atoms with Gasteiger partial charge in [0.25, 0.3) is 5.56 Å². The normalized spacial score (nSPS) is 15.3. The third-order valence-corrected chi connectivity index (χ3v) is 6.93. The summed E-state index contributed by atoms with van der Waals surface area (Å²) in [5.74, 6) is 0.267. The summed E-state index contributed by atoms with van der Waals surface area (Å²) in [6.45, 7) is 6.15. The SMILES string of the molecule is Cc1cc(C)cc(-n2c(SCC(=O)c3ccccc3)nc3c(c2=O)SC(C)C3)c1. The molecule has 0 radical (unpaired) electrons. The number of rotatable bonds is 5. The Morgan fingerprint density at radius 2 is 1.86 bits per heavy atom. The zero-order valence-electron chi connectivity index (χ0n) is 16.6. The number of ketones is 1. The molecule has 2 heterocycles. The molecule has 0 N–H and O–H groups in total. The highest BCUT2D eigenvalue weighted by molar-refractivity contribution is 8.00. The molecule has 148 valence electrons. The van der Waals surface area contributed by atoms with Crippen molar-refractivity contribution in [3.8, 4) is 5.69 Å². The van der Waals surface area contributed by atoms with Crippen LogP contribution < -0.4 is 5.56 Å². The molecule has 1 aliphatic heterocycles. The van der Waals surface area contributed by atoms with Gasteiger partial charge in [0.05, 0.1) is 22.0 Å². The van der Waals surface area contributed by atoms with E-state index in [0.717, 1.165) is 33.8 Å².